The number of likely N-dealkylation sites (tertiary alicyclic amines) is 1. The van der Waals surface area contributed by atoms with Crippen molar-refractivity contribution in [2.75, 3.05) is 6.54 Å². The molecule has 10 heteroatoms. The van der Waals surface area contributed by atoms with Gasteiger partial charge in [-0.2, -0.15) is 0 Å². The van der Waals surface area contributed by atoms with Crippen LogP contribution in [0.5, 0.6) is 0 Å². The molecule has 238 valence electrons. The fraction of sp³-hybridized carbons (Fsp3) is 0.667. The Morgan fingerprint density at radius 2 is 1.65 bits per heavy atom. The zero-order valence-electron chi connectivity index (χ0n) is 26.5. The number of fused-ring (bicyclic) bond motifs is 1. The average molecular weight is 602 g/mol. The molecule has 2 N–H and O–H groups in total. The third-order valence-electron chi connectivity index (χ3n) is 8.60. The molecule has 7 atom stereocenters. The van der Waals surface area contributed by atoms with Crippen molar-refractivity contribution in [1.82, 2.24) is 15.5 Å². The lowest BCUT2D eigenvalue weighted by atomic mass is 9.83. The van der Waals surface area contributed by atoms with Gasteiger partial charge in [-0.1, -0.05) is 64.4 Å². The van der Waals surface area contributed by atoms with Gasteiger partial charge in [0.1, 0.15) is 12.2 Å². The minimum absolute atomic E-state index is 0.0516. The van der Waals surface area contributed by atoms with E-state index in [4.69, 9.17) is 4.74 Å². The van der Waals surface area contributed by atoms with Gasteiger partial charge in [0.25, 0.3) is 5.91 Å². The molecule has 1 aliphatic heterocycles. The Morgan fingerprint density at radius 3 is 2.23 bits per heavy atom. The van der Waals surface area contributed by atoms with E-state index >= 15 is 0 Å². The van der Waals surface area contributed by atoms with E-state index in [9.17, 15) is 28.4 Å². The van der Waals surface area contributed by atoms with E-state index in [2.05, 4.69) is 10.6 Å². The number of Topliss-reactive ketones (excluding diaryl/α,β-unsaturated/α-hetero) is 2. The van der Waals surface area contributed by atoms with Gasteiger partial charge < -0.3 is 20.3 Å². The molecule has 43 heavy (non-hydrogen) atoms. The number of nitrogens with zero attached hydrogens (tertiary/aromatic N) is 1. The van der Waals surface area contributed by atoms with Crippen molar-refractivity contribution in [2.24, 2.45) is 23.2 Å². The highest BCUT2D eigenvalue weighted by molar-refractivity contribution is 6.37. The van der Waals surface area contributed by atoms with E-state index in [1.807, 2.05) is 37.3 Å². The lowest BCUT2D eigenvalue weighted by Gasteiger charge is -2.36. The summed E-state index contributed by atoms with van der Waals surface area (Å²) in [5, 5.41) is 5.41. The summed E-state index contributed by atoms with van der Waals surface area (Å²) in [6.07, 6.45) is -0.879. The van der Waals surface area contributed by atoms with Crippen LogP contribution in [-0.4, -0.2) is 65.3 Å². The second kappa shape index (κ2) is 14.4. The molecule has 1 aliphatic carbocycles. The number of ketones is 2. The molecule has 0 spiro atoms. The second-order valence-corrected chi connectivity index (χ2v) is 13.4. The third kappa shape index (κ3) is 8.42. The lowest BCUT2D eigenvalue weighted by Crippen LogP contribution is -2.57. The van der Waals surface area contributed by atoms with Crippen molar-refractivity contribution in [3.05, 3.63) is 35.9 Å². The Kier molecular flexibility index (Phi) is 11.5. The summed E-state index contributed by atoms with van der Waals surface area (Å²) >= 11 is 0. The molecule has 3 amide bonds. The van der Waals surface area contributed by atoms with E-state index in [1.165, 1.54) is 4.90 Å². The maximum Gasteiger partial charge on any atom is 0.408 e. The van der Waals surface area contributed by atoms with Crippen LogP contribution >= 0.6 is 0 Å². The molecule has 1 saturated carbocycles. The largest absolute Gasteiger partial charge is 0.447 e. The summed E-state index contributed by atoms with van der Waals surface area (Å²) < 4.78 is 20.2. The van der Waals surface area contributed by atoms with Crippen LogP contribution in [0.1, 0.15) is 92.2 Å². The molecule has 1 aromatic rings. The van der Waals surface area contributed by atoms with Crippen molar-refractivity contribution in [1.29, 1.82) is 0 Å². The first-order chi connectivity index (χ1) is 20.1. The minimum Gasteiger partial charge on any atom is -0.447 e. The predicted octanol–water partition coefficient (Wildman–Crippen LogP) is 4.93. The van der Waals surface area contributed by atoms with Crippen LogP contribution < -0.4 is 10.6 Å². The Hall–Kier alpha value is -3.30. The summed E-state index contributed by atoms with van der Waals surface area (Å²) in [5.41, 5.74) is 0.112. The summed E-state index contributed by atoms with van der Waals surface area (Å²) in [4.78, 5) is 68.2. The number of benzene rings is 1. The van der Waals surface area contributed by atoms with Gasteiger partial charge in [-0.15, -0.1) is 0 Å². The van der Waals surface area contributed by atoms with E-state index in [0.29, 0.717) is 25.7 Å². The second-order valence-electron chi connectivity index (χ2n) is 13.4. The number of nitrogens with one attached hydrogen (secondary N) is 2. The highest BCUT2D eigenvalue weighted by Crippen LogP contribution is 2.45. The minimum atomic E-state index is -1.15. The summed E-state index contributed by atoms with van der Waals surface area (Å²) in [6.45, 7) is 12.5. The molecule has 2 fully saturated rings. The van der Waals surface area contributed by atoms with Gasteiger partial charge in [-0.3, -0.25) is 19.2 Å². The van der Waals surface area contributed by atoms with Crippen LogP contribution in [0.4, 0.5) is 9.18 Å². The van der Waals surface area contributed by atoms with Gasteiger partial charge in [-0.05, 0) is 56.9 Å². The highest BCUT2D eigenvalue weighted by atomic mass is 19.1. The number of carbonyl (C=O) groups excluding carboxylic acids is 5. The van der Waals surface area contributed by atoms with E-state index in [-0.39, 0.29) is 24.7 Å². The normalized spacial score (nSPS) is 23.7. The fourth-order valence-corrected chi connectivity index (χ4v) is 6.40. The number of alkyl halides is 1. The monoisotopic (exact) mass is 601 g/mol. The summed E-state index contributed by atoms with van der Waals surface area (Å²) in [7, 11) is 0. The molecule has 0 radical (unpaired) electrons. The first kappa shape index (κ1) is 34.2. The molecular formula is C33H48FN3O6. The van der Waals surface area contributed by atoms with Crippen LogP contribution in [0.3, 0.4) is 0 Å². The van der Waals surface area contributed by atoms with Crippen molar-refractivity contribution in [3.8, 4) is 0 Å². The zero-order chi connectivity index (χ0) is 32.1. The molecular weight excluding hydrogens is 553 g/mol. The molecule has 1 saturated heterocycles. The SMILES string of the molecule is CCCC(CC(=O)[C@@H]1[C@H]2CC[C@H](F)[C@H]2CN1C(=O)[C@@H](NC(=O)OC(C)C)C(C)(C)C)C(=O)C(=O)N[C@H](C)c1ccccc1. The van der Waals surface area contributed by atoms with Crippen LogP contribution in [0.25, 0.3) is 0 Å². The number of amides is 3. The van der Waals surface area contributed by atoms with Gasteiger partial charge in [0, 0.05) is 24.8 Å². The molecule has 1 aromatic carbocycles. The number of ether oxygens (including phenoxy) is 1. The number of rotatable bonds is 12. The Balaban J connectivity index is 1.82. The van der Waals surface area contributed by atoms with Crippen LogP contribution in [-0.2, 0) is 23.9 Å². The molecule has 1 heterocycles. The fourth-order valence-electron chi connectivity index (χ4n) is 6.40. The Labute approximate surface area is 254 Å². The molecule has 9 nitrogen and oxygen atoms in total. The molecule has 0 bridgehead atoms. The maximum absolute atomic E-state index is 15.0. The first-order valence-corrected chi connectivity index (χ1v) is 15.5. The maximum atomic E-state index is 15.0. The van der Waals surface area contributed by atoms with Crippen molar-refractivity contribution in [3.63, 3.8) is 0 Å². The Bertz CT molecular complexity index is 1170. The van der Waals surface area contributed by atoms with Crippen molar-refractivity contribution >= 4 is 29.5 Å². The highest BCUT2D eigenvalue weighted by Gasteiger charge is 2.55. The lowest BCUT2D eigenvalue weighted by molar-refractivity contribution is -0.144. The summed E-state index contributed by atoms with van der Waals surface area (Å²) in [5.74, 6) is -4.04. The van der Waals surface area contributed by atoms with Crippen LogP contribution in [0, 0.1) is 23.2 Å². The predicted molar refractivity (Wildman–Crippen MR) is 161 cm³/mol. The molecule has 0 aromatic heterocycles. The Morgan fingerprint density at radius 1 is 1.00 bits per heavy atom. The first-order valence-electron chi connectivity index (χ1n) is 15.5. The van der Waals surface area contributed by atoms with Crippen LogP contribution in [0.15, 0.2) is 30.3 Å². The van der Waals surface area contributed by atoms with Gasteiger partial charge in [0.2, 0.25) is 11.7 Å². The van der Waals surface area contributed by atoms with Crippen molar-refractivity contribution in [2.45, 2.75) is 111 Å². The van der Waals surface area contributed by atoms with Gasteiger partial charge in [0.15, 0.2) is 5.78 Å². The quantitative estimate of drug-likeness (QED) is 0.328. The summed E-state index contributed by atoms with van der Waals surface area (Å²) in [6, 6.07) is 6.90. The number of halogens is 1. The van der Waals surface area contributed by atoms with Crippen molar-refractivity contribution < 1.29 is 33.1 Å². The van der Waals surface area contributed by atoms with Gasteiger partial charge >= 0.3 is 6.09 Å². The molecule has 1 unspecified atom stereocenters. The zero-order valence-corrected chi connectivity index (χ0v) is 26.5. The third-order valence-corrected chi connectivity index (χ3v) is 8.60. The van der Waals surface area contributed by atoms with E-state index in [1.54, 1.807) is 41.5 Å². The van der Waals surface area contributed by atoms with Gasteiger partial charge in [-0.25, -0.2) is 9.18 Å². The average Bonchev–Trinajstić information content (AvgIpc) is 3.49. The number of hydrogen-bond acceptors (Lipinski definition) is 6. The topological polar surface area (TPSA) is 122 Å². The smallest absolute Gasteiger partial charge is 0.408 e. The number of hydrogen-bond donors (Lipinski definition) is 2. The van der Waals surface area contributed by atoms with Crippen LogP contribution in [0.2, 0.25) is 0 Å². The molecule has 2 aliphatic rings. The molecule has 3 rings (SSSR count). The number of alkyl carbamates (subject to hydrolysis) is 1. The van der Waals surface area contributed by atoms with Gasteiger partial charge in [0.05, 0.1) is 18.2 Å². The van der Waals surface area contributed by atoms with E-state index in [0.717, 1.165) is 5.56 Å². The standard InChI is InChI=1S/C33H48FN3O6/c1-8-12-22(28(39)30(40)35-20(4)21-13-10-9-11-14-21)17-26(38)27-23-15-16-25(34)24(23)18-37(27)31(41)29(33(5,6)7)36-32(42)43-19(2)3/h9-11,13-14,19-20,22-25,27,29H,8,12,15-18H2,1-7H3,(H,35,40)(H,36,42)/t20-,22?,23+,24+,25+,27+,29-/m1/s1. The number of carbonyl (C=O) groups is 5. The van der Waals surface area contributed by atoms with E-state index < -0.39 is 71.3 Å².